The summed E-state index contributed by atoms with van der Waals surface area (Å²) in [4.78, 5) is 0.0781. The van der Waals surface area contributed by atoms with Gasteiger partial charge in [-0.25, -0.2) is 13.1 Å². The average Bonchev–Trinajstić information content (AvgIpc) is 2.55. The van der Waals surface area contributed by atoms with E-state index in [-0.39, 0.29) is 4.90 Å². The highest BCUT2D eigenvalue weighted by Crippen LogP contribution is 2.20. The first-order valence-corrected chi connectivity index (χ1v) is 8.70. The van der Waals surface area contributed by atoms with Crippen LogP contribution in [0.1, 0.15) is 31.0 Å². The van der Waals surface area contributed by atoms with Gasteiger partial charge in [0.1, 0.15) is 5.75 Å². The van der Waals surface area contributed by atoms with Crippen molar-refractivity contribution in [2.45, 2.75) is 24.8 Å². The Balaban J connectivity index is 2.17. The molecular weight excluding hydrogens is 312 g/mol. The van der Waals surface area contributed by atoms with E-state index < -0.39 is 16.1 Å². The van der Waals surface area contributed by atoms with Gasteiger partial charge in [-0.2, -0.15) is 5.26 Å². The van der Waals surface area contributed by atoms with E-state index in [0.29, 0.717) is 12.2 Å². The van der Waals surface area contributed by atoms with Gasteiger partial charge in [-0.05, 0) is 49.7 Å². The van der Waals surface area contributed by atoms with Crippen LogP contribution in [0, 0.1) is 11.3 Å². The SMILES string of the molecule is CCOc1ccc(C(C)NS(=O)(=O)c2cccc(C#N)c2)cc1. The molecule has 120 valence electrons. The Labute approximate surface area is 136 Å². The maximum atomic E-state index is 12.4. The molecule has 0 amide bonds. The summed E-state index contributed by atoms with van der Waals surface area (Å²) in [6.45, 7) is 4.25. The topological polar surface area (TPSA) is 79.2 Å². The first kappa shape index (κ1) is 17.0. The van der Waals surface area contributed by atoms with Crippen LogP contribution < -0.4 is 9.46 Å². The molecule has 0 aliphatic carbocycles. The van der Waals surface area contributed by atoms with Crippen molar-refractivity contribution in [3.05, 3.63) is 59.7 Å². The predicted molar refractivity (Wildman–Crippen MR) is 87.5 cm³/mol. The Morgan fingerprint density at radius 3 is 2.52 bits per heavy atom. The molecule has 2 rings (SSSR count). The van der Waals surface area contributed by atoms with Crippen molar-refractivity contribution >= 4 is 10.0 Å². The molecule has 0 bridgehead atoms. The van der Waals surface area contributed by atoms with Gasteiger partial charge in [-0.15, -0.1) is 0 Å². The van der Waals surface area contributed by atoms with Crippen LogP contribution in [0.2, 0.25) is 0 Å². The van der Waals surface area contributed by atoms with Crippen molar-refractivity contribution in [2.24, 2.45) is 0 Å². The second kappa shape index (κ2) is 7.27. The minimum absolute atomic E-state index is 0.0781. The van der Waals surface area contributed by atoms with Crippen molar-refractivity contribution in [3.8, 4) is 11.8 Å². The van der Waals surface area contributed by atoms with Crippen LogP contribution >= 0.6 is 0 Å². The monoisotopic (exact) mass is 330 g/mol. The Morgan fingerprint density at radius 2 is 1.91 bits per heavy atom. The summed E-state index contributed by atoms with van der Waals surface area (Å²) < 4.78 is 32.8. The zero-order valence-electron chi connectivity index (χ0n) is 13.0. The highest BCUT2D eigenvalue weighted by molar-refractivity contribution is 7.89. The van der Waals surface area contributed by atoms with E-state index in [9.17, 15) is 8.42 Å². The zero-order valence-corrected chi connectivity index (χ0v) is 13.8. The predicted octanol–water partition coefficient (Wildman–Crippen LogP) is 3.00. The quantitative estimate of drug-likeness (QED) is 0.883. The first-order chi connectivity index (χ1) is 11.0. The third kappa shape index (κ3) is 4.31. The van der Waals surface area contributed by atoms with Crippen molar-refractivity contribution in [1.29, 1.82) is 5.26 Å². The van der Waals surface area contributed by atoms with Crippen LogP contribution in [-0.4, -0.2) is 15.0 Å². The van der Waals surface area contributed by atoms with Crippen LogP contribution in [0.3, 0.4) is 0 Å². The number of nitriles is 1. The summed E-state index contributed by atoms with van der Waals surface area (Å²) >= 11 is 0. The third-order valence-electron chi connectivity index (χ3n) is 3.30. The molecule has 0 radical (unpaired) electrons. The van der Waals surface area contributed by atoms with Crippen molar-refractivity contribution in [2.75, 3.05) is 6.61 Å². The molecule has 1 unspecified atom stereocenters. The van der Waals surface area contributed by atoms with Crippen LogP contribution in [0.25, 0.3) is 0 Å². The van der Waals surface area contributed by atoms with Gasteiger partial charge in [0, 0.05) is 6.04 Å². The molecule has 0 aliphatic rings. The molecule has 1 N–H and O–H groups in total. The standard InChI is InChI=1S/C17H18N2O3S/c1-3-22-16-9-7-15(8-10-16)13(2)19-23(20,21)17-6-4-5-14(11-17)12-18/h4-11,13,19H,3H2,1-2H3. The molecule has 6 heteroatoms. The van der Waals surface area contributed by atoms with E-state index in [1.54, 1.807) is 31.2 Å². The Hall–Kier alpha value is -2.36. The molecule has 2 aromatic rings. The van der Waals surface area contributed by atoms with Crippen LogP contribution in [0.5, 0.6) is 5.75 Å². The number of nitrogens with zero attached hydrogens (tertiary/aromatic N) is 1. The lowest BCUT2D eigenvalue weighted by atomic mass is 10.1. The van der Waals surface area contributed by atoms with Gasteiger partial charge in [0.15, 0.2) is 0 Å². The minimum Gasteiger partial charge on any atom is -0.494 e. The van der Waals surface area contributed by atoms with Gasteiger partial charge in [0.25, 0.3) is 0 Å². The summed E-state index contributed by atoms with van der Waals surface area (Å²) in [5, 5.41) is 8.88. The number of nitrogens with one attached hydrogen (secondary N) is 1. The number of hydrogen-bond acceptors (Lipinski definition) is 4. The van der Waals surface area contributed by atoms with E-state index in [1.807, 2.05) is 25.1 Å². The maximum absolute atomic E-state index is 12.4. The van der Waals surface area contributed by atoms with Crippen molar-refractivity contribution in [1.82, 2.24) is 4.72 Å². The number of rotatable bonds is 6. The van der Waals surface area contributed by atoms with Crippen LogP contribution in [0.15, 0.2) is 53.4 Å². The lowest BCUT2D eigenvalue weighted by Crippen LogP contribution is -2.26. The lowest BCUT2D eigenvalue weighted by Gasteiger charge is -2.15. The normalized spacial score (nSPS) is 12.4. The van der Waals surface area contributed by atoms with Gasteiger partial charge in [0.05, 0.1) is 23.1 Å². The fourth-order valence-electron chi connectivity index (χ4n) is 2.12. The van der Waals surface area contributed by atoms with Crippen molar-refractivity contribution < 1.29 is 13.2 Å². The van der Waals surface area contributed by atoms with Gasteiger partial charge in [-0.1, -0.05) is 18.2 Å². The Bertz CT molecular complexity index is 808. The smallest absolute Gasteiger partial charge is 0.241 e. The lowest BCUT2D eigenvalue weighted by molar-refractivity contribution is 0.340. The highest BCUT2D eigenvalue weighted by Gasteiger charge is 2.18. The first-order valence-electron chi connectivity index (χ1n) is 7.21. The second-order valence-electron chi connectivity index (χ2n) is 4.98. The van der Waals surface area contributed by atoms with Gasteiger partial charge >= 0.3 is 0 Å². The molecule has 0 aromatic heterocycles. The van der Waals surface area contributed by atoms with Crippen LogP contribution in [0.4, 0.5) is 0 Å². The molecule has 23 heavy (non-hydrogen) atoms. The van der Waals surface area contributed by atoms with E-state index in [1.165, 1.54) is 12.1 Å². The summed E-state index contributed by atoms with van der Waals surface area (Å²) in [5.74, 6) is 0.744. The Morgan fingerprint density at radius 1 is 1.22 bits per heavy atom. The number of ether oxygens (including phenoxy) is 1. The molecule has 0 fully saturated rings. The average molecular weight is 330 g/mol. The number of sulfonamides is 1. The fourth-order valence-corrected chi connectivity index (χ4v) is 3.40. The fraction of sp³-hybridized carbons (Fsp3) is 0.235. The van der Waals surface area contributed by atoms with Crippen molar-refractivity contribution in [3.63, 3.8) is 0 Å². The van der Waals surface area contributed by atoms with Gasteiger partial charge in [0.2, 0.25) is 10.0 Å². The molecule has 1 atom stereocenters. The Kier molecular flexibility index (Phi) is 5.37. The van der Waals surface area contributed by atoms with Gasteiger partial charge in [-0.3, -0.25) is 0 Å². The molecule has 0 heterocycles. The number of hydrogen-bond donors (Lipinski definition) is 1. The summed E-state index contributed by atoms with van der Waals surface area (Å²) in [7, 11) is -3.69. The maximum Gasteiger partial charge on any atom is 0.241 e. The molecule has 0 saturated heterocycles. The minimum atomic E-state index is -3.69. The molecule has 5 nitrogen and oxygen atoms in total. The zero-order chi connectivity index (χ0) is 16.9. The molecule has 0 spiro atoms. The summed E-state index contributed by atoms with van der Waals surface area (Å²) in [6, 6.07) is 14.7. The van der Waals surface area contributed by atoms with E-state index in [2.05, 4.69) is 4.72 Å². The molecule has 0 saturated carbocycles. The van der Waals surface area contributed by atoms with Gasteiger partial charge < -0.3 is 4.74 Å². The largest absolute Gasteiger partial charge is 0.494 e. The van der Waals surface area contributed by atoms with E-state index in [0.717, 1.165) is 11.3 Å². The third-order valence-corrected chi connectivity index (χ3v) is 4.83. The van der Waals surface area contributed by atoms with E-state index >= 15 is 0 Å². The summed E-state index contributed by atoms with van der Waals surface area (Å²) in [6.07, 6.45) is 0. The molecule has 2 aromatic carbocycles. The molecular formula is C17H18N2O3S. The van der Waals surface area contributed by atoms with Crippen LogP contribution in [-0.2, 0) is 10.0 Å². The highest BCUT2D eigenvalue weighted by atomic mass is 32.2. The summed E-state index contributed by atoms with van der Waals surface area (Å²) in [5.41, 5.74) is 1.13. The second-order valence-corrected chi connectivity index (χ2v) is 6.70. The van der Waals surface area contributed by atoms with E-state index in [4.69, 9.17) is 10.00 Å². The molecule has 0 aliphatic heterocycles. The number of benzene rings is 2.